The maximum Gasteiger partial charge on any atom is 0.271 e. The van der Waals surface area contributed by atoms with Crippen LogP contribution in [0, 0.1) is 0 Å². The SMILES string of the molecule is O=C(/C=C/c1ccccc1)NNC(=O)c1ccccc1NC(=O)/C=C/c1ccccc1. The van der Waals surface area contributed by atoms with E-state index in [4.69, 9.17) is 0 Å². The van der Waals surface area contributed by atoms with Crippen molar-refractivity contribution in [3.63, 3.8) is 0 Å². The normalized spacial score (nSPS) is 10.7. The van der Waals surface area contributed by atoms with Crippen LogP contribution >= 0.6 is 0 Å². The van der Waals surface area contributed by atoms with Crippen molar-refractivity contribution in [3.8, 4) is 0 Å². The quantitative estimate of drug-likeness (QED) is 0.426. The second kappa shape index (κ2) is 10.9. The van der Waals surface area contributed by atoms with Gasteiger partial charge in [-0.25, -0.2) is 0 Å². The van der Waals surface area contributed by atoms with E-state index in [2.05, 4.69) is 16.2 Å². The zero-order chi connectivity index (χ0) is 21.9. The first-order chi connectivity index (χ1) is 15.1. The van der Waals surface area contributed by atoms with E-state index < -0.39 is 11.8 Å². The number of anilines is 1. The molecule has 0 spiro atoms. The first-order valence-corrected chi connectivity index (χ1v) is 9.58. The number of para-hydroxylation sites is 1. The van der Waals surface area contributed by atoms with Crippen LogP contribution in [0.25, 0.3) is 12.2 Å². The Morgan fingerprint density at radius 1 is 0.581 bits per heavy atom. The number of carbonyl (C=O) groups excluding carboxylic acids is 3. The van der Waals surface area contributed by atoms with Gasteiger partial charge in [0.2, 0.25) is 5.91 Å². The zero-order valence-corrected chi connectivity index (χ0v) is 16.6. The smallest absolute Gasteiger partial charge is 0.271 e. The molecule has 3 N–H and O–H groups in total. The Balaban J connectivity index is 1.58. The van der Waals surface area contributed by atoms with Gasteiger partial charge in [-0.2, -0.15) is 0 Å². The molecule has 6 nitrogen and oxygen atoms in total. The van der Waals surface area contributed by atoms with Crippen molar-refractivity contribution in [2.75, 3.05) is 5.32 Å². The summed E-state index contributed by atoms with van der Waals surface area (Å²) in [4.78, 5) is 36.7. The summed E-state index contributed by atoms with van der Waals surface area (Å²) in [5.74, 6) is -1.41. The van der Waals surface area contributed by atoms with Gasteiger partial charge in [-0.3, -0.25) is 25.2 Å². The molecule has 31 heavy (non-hydrogen) atoms. The lowest BCUT2D eigenvalue weighted by molar-refractivity contribution is -0.117. The zero-order valence-electron chi connectivity index (χ0n) is 16.6. The van der Waals surface area contributed by atoms with Crippen LogP contribution in [-0.4, -0.2) is 17.7 Å². The van der Waals surface area contributed by atoms with Crippen molar-refractivity contribution < 1.29 is 14.4 Å². The topological polar surface area (TPSA) is 87.3 Å². The maximum atomic E-state index is 12.5. The fourth-order valence-electron chi connectivity index (χ4n) is 2.66. The van der Waals surface area contributed by atoms with Gasteiger partial charge in [0.05, 0.1) is 11.3 Å². The molecule has 3 amide bonds. The number of hydrogen-bond acceptors (Lipinski definition) is 3. The minimum absolute atomic E-state index is 0.219. The highest BCUT2D eigenvalue weighted by molar-refractivity contribution is 6.08. The van der Waals surface area contributed by atoms with Crippen LogP contribution in [0.4, 0.5) is 5.69 Å². The lowest BCUT2D eigenvalue weighted by atomic mass is 10.1. The minimum atomic E-state index is -0.551. The molecule has 0 aliphatic carbocycles. The average Bonchev–Trinajstić information content (AvgIpc) is 2.81. The number of benzene rings is 3. The molecule has 154 valence electrons. The number of rotatable bonds is 6. The van der Waals surface area contributed by atoms with Gasteiger partial charge < -0.3 is 5.32 Å². The Morgan fingerprint density at radius 2 is 1.10 bits per heavy atom. The lowest BCUT2D eigenvalue weighted by Gasteiger charge is -2.10. The van der Waals surface area contributed by atoms with Crippen LogP contribution in [0.1, 0.15) is 21.5 Å². The van der Waals surface area contributed by atoms with Gasteiger partial charge in [0.1, 0.15) is 0 Å². The monoisotopic (exact) mass is 411 g/mol. The molecule has 0 aromatic heterocycles. The van der Waals surface area contributed by atoms with Gasteiger partial charge in [0, 0.05) is 12.2 Å². The summed E-state index contributed by atoms with van der Waals surface area (Å²) < 4.78 is 0. The number of hydrazine groups is 1. The highest BCUT2D eigenvalue weighted by atomic mass is 16.2. The summed E-state index contributed by atoms with van der Waals surface area (Å²) in [7, 11) is 0. The number of carbonyl (C=O) groups is 3. The summed E-state index contributed by atoms with van der Waals surface area (Å²) in [6, 6.07) is 25.2. The van der Waals surface area contributed by atoms with Crippen LogP contribution in [-0.2, 0) is 9.59 Å². The maximum absolute atomic E-state index is 12.5. The lowest BCUT2D eigenvalue weighted by Crippen LogP contribution is -2.41. The van der Waals surface area contributed by atoms with Gasteiger partial charge in [-0.05, 0) is 35.4 Å². The van der Waals surface area contributed by atoms with Crippen molar-refractivity contribution in [2.24, 2.45) is 0 Å². The Labute approximate surface area is 180 Å². The van der Waals surface area contributed by atoms with Crippen molar-refractivity contribution in [1.82, 2.24) is 10.9 Å². The third-order valence-corrected chi connectivity index (χ3v) is 4.18. The minimum Gasteiger partial charge on any atom is -0.322 e. The number of amides is 3. The highest BCUT2D eigenvalue weighted by Gasteiger charge is 2.12. The molecule has 0 fully saturated rings. The fraction of sp³-hybridized carbons (Fsp3) is 0. The summed E-state index contributed by atoms with van der Waals surface area (Å²) in [5, 5.41) is 2.68. The Bertz CT molecular complexity index is 1110. The third kappa shape index (κ3) is 6.83. The first-order valence-electron chi connectivity index (χ1n) is 9.58. The molecule has 0 radical (unpaired) electrons. The van der Waals surface area contributed by atoms with Crippen LogP contribution in [0.3, 0.4) is 0 Å². The van der Waals surface area contributed by atoms with E-state index in [1.54, 1.807) is 36.4 Å². The van der Waals surface area contributed by atoms with Crippen LogP contribution < -0.4 is 16.2 Å². The van der Waals surface area contributed by atoms with E-state index in [0.717, 1.165) is 11.1 Å². The van der Waals surface area contributed by atoms with E-state index in [1.807, 2.05) is 60.7 Å². The van der Waals surface area contributed by atoms with Gasteiger partial charge in [-0.15, -0.1) is 0 Å². The highest BCUT2D eigenvalue weighted by Crippen LogP contribution is 2.15. The van der Waals surface area contributed by atoms with Crippen LogP contribution in [0.15, 0.2) is 97.1 Å². The van der Waals surface area contributed by atoms with Crippen LogP contribution in [0.5, 0.6) is 0 Å². The average molecular weight is 411 g/mol. The van der Waals surface area contributed by atoms with Gasteiger partial charge >= 0.3 is 0 Å². The second-order valence-corrected chi connectivity index (χ2v) is 6.47. The van der Waals surface area contributed by atoms with E-state index >= 15 is 0 Å². The summed E-state index contributed by atoms with van der Waals surface area (Å²) in [6.07, 6.45) is 6.02. The fourth-order valence-corrected chi connectivity index (χ4v) is 2.66. The molecule has 0 saturated heterocycles. The van der Waals surface area contributed by atoms with Crippen LogP contribution in [0.2, 0.25) is 0 Å². The molecular formula is C25H21N3O3. The standard InChI is InChI=1S/C25H21N3O3/c29-23(17-15-19-9-3-1-4-10-19)26-22-14-8-7-13-21(22)25(31)28-27-24(30)18-16-20-11-5-2-6-12-20/h1-18H,(H,26,29)(H,27,30)(H,28,31)/b17-15+,18-16+. The van der Waals surface area contributed by atoms with E-state index in [-0.39, 0.29) is 11.5 Å². The summed E-state index contributed by atoms with van der Waals surface area (Å²) >= 11 is 0. The predicted octanol–water partition coefficient (Wildman–Crippen LogP) is 3.81. The van der Waals surface area contributed by atoms with Gasteiger partial charge in [0.25, 0.3) is 11.8 Å². The molecule has 0 heterocycles. The molecule has 0 unspecified atom stereocenters. The second-order valence-electron chi connectivity index (χ2n) is 6.47. The van der Waals surface area contributed by atoms with Crippen molar-refractivity contribution >= 4 is 35.6 Å². The molecule has 0 bridgehead atoms. The molecule has 3 aromatic rings. The third-order valence-electron chi connectivity index (χ3n) is 4.18. The largest absolute Gasteiger partial charge is 0.322 e. The summed E-state index contributed by atoms with van der Waals surface area (Å²) in [5.41, 5.74) is 6.97. The summed E-state index contributed by atoms with van der Waals surface area (Å²) in [6.45, 7) is 0. The Morgan fingerprint density at radius 3 is 1.71 bits per heavy atom. The van der Waals surface area contributed by atoms with Crippen molar-refractivity contribution in [1.29, 1.82) is 0 Å². The Kier molecular flexibility index (Phi) is 7.49. The molecule has 6 heteroatoms. The van der Waals surface area contributed by atoms with Crippen molar-refractivity contribution in [3.05, 3.63) is 114 Å². The molecule has 0 aliphatic rings. The first kappa shape index (κ1) is 21.3. The Hall–Kier alpha value is -4.45. The number of hydrogen-bond donors (Lipinski definition) is 3. The predicted molar refractivity (Wildman–Crippen MR) is 122 cm³/mol. The molecule has 3 rings (SSSR count). The van der Waals surface area contributed by atoms with Gasteiger partial charge in [-0.1, -0.05) is 72.8 Å². The molecule has 0 saturated carbocycles. The molecular weight excluding hydrogens is 390 g/mol. The molecule has 0 aliphatic heterocycles. The van der Waals surface area contributed by atoms with E-state index in [9.17, 15) is 14.4 Å². The van der Waals surface area contributed by atoms with E-state index in [1.165, 1.54) is 12.2 Å². The van der Waals surface area contributed by atoms with E-state index in [0.29, 0.717) is 5.69 Å². The van der Waals surface area contributed by atoms with Crippen molar-refractivity contribution in [2.45, 2.75) is 0 Å². The molecule has 3 aromatic carbocycles. The van der Waals surface area contributed by atoms with Gasteiger partial charge in [0.15, 0.2) is 0 Å². The number of nitrogens with one attached hydrogen (secondary N) is 3. The molecule has 0 atom stereocenters.